The van der Waals surface area contributed by atoms with Gasteiger partial charge in [-0.1, -0.05) is 42.5 Å². The fourth-order valence-corrected chi connectivity index (χ4v) is 3.31. The predicted octanol–water partition coefficient (Wildman–Crippen LogP) is 5.28. The number of methoxy groups -OCH3 is 3. The van der Waals surface area contributed by atoms with Crippen molar-refractivity contribution in [2.75, 3.05) is 21.3 Å². The molecule has 0 fully saturated rings. The minimum absolute atomic E-state index is 0.207. The van der Waals surface area contributed by atoms with Gasteiger partial charge in [0.15, 0.2) is 22.9 Å². The standard InChI is InChI=1S/C25H21NO5/c1-28-21-14-16(15-22(29-2)24(21)30-3)13-18(23(27)17-9-5-4-6-10-17)25-26-19-11-7-8-12-20(19)31-25/h4-15H,1-3H3. The van der Waals surface area contributed by atoms with Crippen LogP contribution in [0.1, 0.15) is 21.8 Å². The lowest BCUT2D eigenvalue weighted by Gasteiger charge is -2.13. The summed E-state index contributed by atoms with van der Waals surface area (Å²) in [5, 5.41) is 0. The molecule has 6 nitrogen and oxygen atoms in total. The molecule has 0 aliphatic heterocycles. The summed E-state index contributed by atoms with van der Waals surface area (Å²) in [7, 11) is 4.63. The lowest BCUT2D eigenvalue weighted by Crippen LogP contribution is -2.03. The van der Waals surface area contributed by atoms with Crippen LogP contribution in [-0.2, 0) is 0 Å². The van der Waals surface area contributed by atoms with Crippen LogP contribution < -0.4 is 14.2 Å². The van der Waals surface area contributed by atoms with Gasteiger partial charge in [-0.2, -0.15) is 0 Å². The van der Waals surface area contributed by atoms with Gasteiger partial charge >= 0.3 is 0 Å². The van der Waals surface area contributed by atoms with Crippen LogP contribution in [0.4, 0.5) is 0 Å². The summed E-state index contributed by atoms with van der Waals surface area (Å²) in [6.45, 7) is 0. The van der Waals surface area contributed by atoms with E-state index in [4.69, 9.17) is 18.6 Å². The van der Waals surface area contributed by atoms with Crippen LogP contribution in [0.2, 0.25) is 0 Å². The minimum atomic E-state index is -0.207. The van der Waals surface area contributed by atoms with Gasteiger partial charge in [0, 0.05) is 5.56 Å². The molecule has 31 heavy (non-hydrogen) atoms. The third-order valence-corrected chi connectivity index (χ3v) is 4.80. The van der Waals surface area contributed by atoms with Crippen LogP contribution in [0.5, 0.6) is 17.2 Å². The third-order valence-electron chi connectivity index (χ3n) is 4.80. The number of nitrogens with zero attached hydrogens (tertiary/aromatic N) is 1. The molecule has 0 spiro atoms. The van der Waals surface area contributed by atoms with Gasteiger partial charge in [-0.15, -0.1) is 0 Å². The molecule has 0 saturated heterocycles. The molecule has 0 N–H and O–H groups in total. The Morgan fingerprint density at radius 1 is 0.871 bits per heavy atom. The summed E-state index contributed by atoms with van der Waals surface area (Å²) in [4.78, 5) is 17.9. The Bertz CT molecular complexity index is 1200. The molecule has 0 aliphatic carbocycles. The number of aromatic nitrogens is 1. The average molecular weight is 415 g/mol. The van der Waals surface area contributed by atoms with Crippen molar-refractivity contribution in [2.45, 2.75) is 0 Å². The van der Waals surface area contributed by atoms with Crippen molar-refractivity contribution in [1.82, 2.24) is 4.98 Å². The smallest absolute Gasteiger partial charge is 0.231 e. The Kier molecular flexibility index (Phi) is 5.71. The van der Waals surface area contributed by atoms with Crippen LogP contribution in [0.3, 0.4) is 0 Å². The Morgan fingerprint density at radius 2 is 1.52 bits per heavy atom. The van der Waals surface area contributed by atoms with E-state index in [9.17, 15) is 4.79 Å². The van der Waals surface area contributed by atoms with E-state index in [1.54, 1.807) is 51.7 Å². The van der Waals surface area contributed by atoms with E-state index < -0.39 is 0 Å². The van der Waals surface area contributed by atoms with Gasteiger partial charge in [-0.3, -0.25) is 4.79 Å². The highest BCUT2D eigenvalue weighted by Crippen LogP contribution is 2.39. The van der Waals surface area contributed by atoms with Gasteiger partial charge in [-0.25, -0.2) is 4.98 Å². The largest absolute Gasteiger partial charge is 0.493 e. The molecule has 1 heterocycles. The molecule has 1 aromatic heterocycles. The van der Waals surface area contributed by atoms with Crippen LogP contribution in [-0.4, -0.2) is 32.1 Å². The Labute approximate surface area is 179 Å². The van der Waals surface area contributed by atoms with Gasteiger partial charge in [0.2, 0.25) is 11.6 Å². The number of benzene rings is 3. The van der Waals surface area contributed by atoms with Crippen molar-refractivity contribution in [3.63, 3.8) is 0 Å². The number of oxazole rings is 1. The minimum Gasteiger partial charge on any atom is -0.493 e. The Morgan fingerprint density at radius 3 is 2.13 bits per heavy atom. The van der Waals surface area contributed by atoms with E-state index in [1.165, 1.54) is 0 Å². The van der Waals surface area contributed by atoms with Crippen molar-refractivity contribution < 1.29 is 23.4 Å². The number of hydrogen-bond acceptors (Lipinski definition) is 6. The topological polar surface area (TPSA) is 70.8 Å². The molecule has 0 atom stereocenters. The average Bonchev–Trinajstić information content (AvgIpc) is 3.25. The van der Waals surface area contributed by atoms with Crippen molar-refractivity contribution in [3.8, 4) is 17.2 Å². The third kappa shape index (κ3) is 4.00. The molecule has 0 saturated carbocycles. The first kappa shape index (κ1) is 20.2. The first-order chi connectivity index (χ1) is 15.1. The molecular formula is C25H21NO5. The zero-order chi connectivity index (χ0) is 21.8. The second-order valence-corrected chi connectivity index (χ2v) is 6.70. The normalized spacial score (nSPS) is 11.4. The molecule has 0 radical (unpaired) electrons. The summed E-state index contributed by atoms with van der Waals surface area (Å²) in [6, 6.07) is 19.9. The summed E-state index contributed by atoms with van der Waals surface area (Å²) in [6.07, 6.45) is 1.71. The maximum atomic E-state index is 13.4. The molecular weight excluding hydrogens is 394 g/mol. The molecule has 0 aliphatic rings. The summed E-state index contributed by atoms with van der Waals surface area (Å²) in [5.41, 5.74) is 2.81. The summed E-state index contributed by atoms with van der Waals surface area (Å²) >= 11 is 0. The zero-order valence-corrected chi connectivity index (χ0v) is 17.4. The van der Waals surface area contributed by atoms with E-state index in [0.717, 1.165) is 0 Å². The van der Waals surface area contributed by atoms with Crippen LogP contribution in [0.15, 0.2) is 71.1 Å². The number of carbonyl (C=O) groups is 1. The number of rotatable bonds is 7. The zero-order valence-electron chi connectivity index (χ0n) is 17.4. The highest BCUT2D eigenvalue weighted by Gasteiger charge is 2.21. The van der Waals surface area contributed by atoms with Gasteiger partial charge < -0.3 is 18.6 Å². The lowest BCUT2D eigenvalue weighted by atomic mass is 10.0. The van der Waals surface area contributed by atoms with E-state index in [1.807, 2.05) is 42.5 Å². The number of Topliss-reactive ketones (excluding diaryl/α,β-unsaturated/α-hetero) is 1. The molecule has 0 unspecified atom stereocenters. The maximum absolute atomic E-state index is 13.4. The Balaban J connectivity index is 1.90. The fraction of sp³-hybridized carbons (Fsp3) is 0.120. The van der Waals surface area contributed by atoms with E-state index in [-0.39, 0.29) is 11.7 Å². The molecule has 6 heteroatoms. The highest BCUT2D eigenvalue weighted by atomic mass is 16.5. The van der Waals surface area contributed by atoms with Crippen molar-refractivity contribution in [2.24, 2.45) is 0 Å². The van der Waals surface area contributed by atoms with E-state index in [2.05, 4.69) is 4.98 Å². The first-order valence-corrected chi connectivity index (χ1v) is 9.62. The van der Waals surface area contributed by atoms with Crippen LogP contribution in [0, 0.1) is 0 Å². The number of allylic oxidation sites excluding steroid dienone is 1. The highest BCUT2D eigenvalue weighted by molar-refractivity contribution is 6.31. The SMILES string of the molecule is COc1cc(C=C(C(=O)c2ccccc2)c2nc3ccccc3o2)cc(OC)c1OC. The first-order valence-electron chi connectivity index (χ1n) is 9.62. The molecule has 0 amide bonds. The van der Waals surface area contributed by atoms with Gasteiger partial charge in [0.25, 0.3) is 0 Å². The Hall–Kier alpha value is -4.06. The number of hydrogen-bond donors (Lipinski definition) is 0. The number of para-hydroxylation sites is 2. The van der Waals surface area contributed by atoms with Gasteiger partial charge in [0.1, 0.15) is 5.52 Å². The molecule has 3 aromatic carbocycles. The summed E-state index contributed by atoms with van der Waals surface area (Å²) < 4.78 is 22.2. The van der Waals surface area contributed by atoms with Gasteiger partial charge in [-0.05, 0) is 35.9 Å². The molecule has 4 rings (SSSR count). The van der Waals surface area contributed by atoms with Crippen molar-refractivity contribution in [1.29, 1.82) is 0 Å². The second-order valence-electron chi connectivity index (χ2n) is 6.70. The van der Waals surface area contributed by atoms with E-state index in [0.29, 0.717) is 45.0 Å². The number of carbonyl (C=O) groups excluding carboxylic acids is 1. The molecule has 4 aromatic rings. The second kappa shape index (κ2) is 8.75. The van der Waals surface area contributed by atoms with Gasteiger partial charge in [0.05, 0.1) is 26.9 Å². The number of fused-ring (bicyclic) bond motifs is 1. The maximum Gasteiger partial charge on any atom is 0.231 e. The lowest BCUT2D eigenvalue weighted by molar-refractivity contribution is 0.105. The quantitative estimate of drug-likeness (QED) is 0.302. The van der Waals surface area contributed by atoms with Crippen LogP contribution in [0.25, 0.3) is 22.7 Å². The summed E-state index contributed by atoms with van der Waals surface area (Å²) in [5.74, 6) is 1.47. The fourth-order valence-electron chi connectivity index (χ4n) is 3.31. The monoisotopic (exact) mass is 415 g/mol. The van der Waals surface area contributed by atoms with Crippen molar-refractivity contribution >= 4 is 28.5 Å². The number of ketones is 1. The molecule has 156 valence electrons. The van der Waals surface area contributed by atoms with Crippen LogP contribution >= 0.6 is 0 Å². The van der Waals surface area contributed by atoms with Crippen molar-refractivity contribution in [3.05, 3.63) is 83.7 Å². The number of ether oxygens (including phenoxy) is 3. The molecule has 0 bridgehead atoms. The van der Waals surface area contributed by atoms with E-state index >= 15 is 0 Å². The predicted molar refractivity (Wildman–Crippen MR) is 119 cm³/mol.